The Morgan fingerprint density at radius 2 is 1.55 bits per heavy atom. The minimum Gasteiger partial charge on any atom is -0.493 e. The first-order valence-corrected chi connectivity index (χ1v) is 10.5. The molecule has 1 saturated heterocycles. The van der Waals surface area contributed by atoms with Crippen molar-refractivity contribution in [1.29, 1.82) is 0 Å². The van der Waals surface area contributed by atoms with E-state index in [9.17, 15) is 14.4 Å². The highest BCUT2D eigenvalue weighted by Crippen LogP contribution is 2.27. The lowest BCUT2D eigenvalue weighted by atomic mass is 10.1. The highest BCUT2D eigenvalue weighted by Gasteiger charge is 2.37. The summed E-state index contributed by atoms with van der Waals surface area (Å²) in [6.45, 7) is 2.67. The van der Waals surface area contributed by atoms with Gasteiger partial charge in [-0.25, -0.2) is 9.69 Å². The number of barbiturate groups is 1. The molecule has 0 radical (unpaired) electrons. The molecule has 1 fully saturated rings. The fourth-order valence-electron chi connectivity index (χ4n) is 3.37. The van der Waals surface area contributed by atoms with Gasteiger partial charge in [-0.15, -0.1) is 0 Å². The molecule has 0 spiro atoms. The number of amides is 4. The average molecular weight is 442 g/mol. The Morgan fingerprint density at radius 3 is 2.27 bits per heavy atom. The van der Waals surface area contributed by atoms with Crippen LogP contribution >= 0.6 is 0 Å². The van der Waals surface area contributed by atoms with Crippen LogP contribution < -0.4 is 19.7 Å². The molecule has 166 valence electrons. The van der Waals surface area contributed by atoms with Gasteiger partial charge in [0.05, 0.1) is 12.3 Å². The van der Waals surface area contributed by atoms with Gasteiger partial charge in [0.15, 0.2) is 0 Å². The first-order valence-electron chi connectivity index (χ1n) is 10.5. The maximum absolute atomic E-state index is 13.1. The molecule has 0 bridgehead atoms. The van der Waals surface area contributed by atoms with E-state index < -0.39 is 17.8 Å². The van der Waals surface area contributed by atoms with E-state index in [1.165, 1.54) is 6.08 Å². The third kappa shape index (κ3) is 4.93. The maximum Gasteiger partial charge on any atom is 0.335 e. The molecule has 4 rings (SSSR count). The zero-order chi connectivity index (χ0) is 23.2. The predicted molar refractivity (Wildman–Crippen MR) is 124 cm³/mol. The Hall–Kier alpha value is -4.39. The normalized spacial score (nSPS) is 14.9. The van der Waals surface area contributed by atoms with Gasteiger partial charge in [-0.05, 0) is 48.9 Å². The van der Waals surface area contributed by atoms with Gasteiger partial charge in [0.25, 0.3) is 11.8 Å². The Bertz CT molecular complexity index is 1200. The number of ether oxygens (including phenoxy) is 2. The number of nitrogens with zero attached hydrogens (tertiary/aromatic N) is 1. The Balaban J connectivity index is 1.56. The smallest absolute Gasteiger partial charge is 0.335 e. The number of carbonyl (C=O) groups excluding carboxylic acids is 3. The third-order valence-corrected chi connectivity index (χ3v) is 4.96. The number of para-hydroxylation sites is 1. The van der Waals surface area contributed by atoms with E-state index in [1.54, 1.807) is 48.5 Å². The van der Waals surface area contributed by atoms with Crippen LogP contribution in [-0.2, 0) is 16.2 Å². The molecule has 0 aromatic heterocycles. The number of benzene rings is 3. The number of carbonyl (C=O) groups is 3. The SMILES string of the molecule is CCOc1ccccc1/C=C1\C(=O)NC(=O)N(c2ccc(OCc3ccccc3)cc2)C1=O. The second-order valence-corrected chi connectivity index (χ2v) is 7.20. The number of urea groups is 1. The monoisotopic (exact) mass is 442 g/mol. The van der Waals surface area contributed by atoms with Gasteiger partial charge in [0.1, 0.15) is 23.7 Å². The lowest BCUT2D eigenvalue weighted by Gasteiger charge is -2.26. The summed E-state index contributed by atoms with van der Waals surface area (Å²) in [7, 11) is 0. The summed E-state index contributed by atoms with van der Waals surface area (Å²) in [5.41, 5.74) is 1.75. The highest BCUT2D eigenvalue weighted by atomic mass is 16.5. The lowest BCUT2D eigenvalue weighted by molar-refractivity contribution is -0.122. The van der Waals surface area contributed by atoms with Crippen LogP contribution in [0.15, 0.2) is 84.4 Å². The fraction of sp³-hybridized carbons (Fsp3) is 0.115. The van der Waals surface area contributed by atoms with Gasteiger partial charge in [-0.3, -0.25) is 14.9 Å². The van der Waals surface area contributed by atoms with Crippen molar-refractivity contribution in [3.8, 4) is 11.5 Å². The Kier molecular flexibility index (Phi) is 6.50. The summed E-state index contributed by atoms with van der Waals surface area (Å²) in [6.07, 6.45) is 1.43. The predicted octanol–water partition coefficient (Wildman–Crippen LogP) is 4.33. The number of imide groups is 2. The molecule has 7 heteroatoms. The zero-order valence-corrected chi connectivity index (χ0v) is 18.0. The quantitative estimate of drug-likeness (QED) is 0.435. The summed E-state index contributed by atoms with van der Waals surface area (Å²) < 4.78 is 11.3. The molecule has 1 aliphatic heterocycles. The van der Waals surface area contributed by atoms with Crippen LogP contribution in [0.3, 0.4) is 0 Å². The summed E-state index contributed by atoms with van der Waals surface area (Å²) >= 11 is 0. The molecule has 7 nitrogen and oxygen atoms in total. The minimum atomic E-state index is -0.807. The summed E-state index contributed by atoms with van der Waals surface area (Å²) in [4.78, 5) is 38.9. The van der Waals surface area contributed by atoms with Crippen LogP contribution in [0.1, 0.15) is 18.1 Å². The van der Waals surface area contributed by atoms with Crippen LogP contribution in [0.25, 0.3) is 6.08 Å². The molecule has 0 unspecified atom stereocenters. The third-order valence-electron chi connectivity index (χ3n) is 4.96. The zero-order valence-electron chi connectivity index (χ0n) is 18.0. The molecule has 4 amide bonds. The first-order chi connectivity index (χ1) is 16.1. The van der Waals surface area contributed by atoms with Gasteiger partial charge in [0.2, 0.25) is 0 Å². The van der Waals surface area contributed by atoms with Gasteiger partial charge in [-0.2, -0.15) is 0 Å². The molecule has 33 heavy (non-hydrogen) atoms. The molecular weight excluding hydrogens is 420 g/mol. The summed E-state index contributed by atoms with van der Waals surface area (Å²) in [5.74, 6) is -0.343. The fourth-order valence-corrected chi connectivity index (χ4v) is 3.37. The minimum absolute atomic E-state index is 0.161. The van der Waals surface area contributed by atoms with E-state index in [4.69, 9.17) is 9.47 Å². The van der Waals surface area contributed by atoms with Crippen LogP contribution in [-0.4, -0.2) is 24.5 Å². The van der Waals surface area contributed by atoms with E-state index >= 15 is 0 Å². The maximum atomic E-state index is 13.1. The average Bonchev–Trinajstić information content (AvgIpc) is 2.83. The second-order valence-electron chi connectivity index (χ2n) is 7.20. The molecule has 3 aromatic carbocycles. The number of hydrogen-bond acceptors (Lipinski definition) is 5. The van der Waals surface area contributed by atoms with E-state index in [0.29, 0.717) is 36.0 Å². The van der Waals surface area contributed by atoms with Gasteiger partial charge in [0, 0.05) is 5.56 Å². The van der Waals surface area contributed by atoms with Crippen molar-refractivity contribution in [2.24, 2.45) is 0 Å². The molecule has 1 aliphatic rings. The Labute approximate surface area is 191 Å². The highest BCUT2D eigenvalue weighted by molar-refractivity contribution is 6.39. The molecule has 0 saturated carbocycles. The lowest BCUT2D eigenvalue weighted by Crippen LogP contribution is -2.54. The number of hydrogen-bond donors (Lipinski definition) is 1. The van der Waals surface area contributed by atoms with E-state index in [0.717, 1.165) is 10.5 Å². The molecule has 0 aliphatic carbocycles. The van der Waals surface area contributed by atoms with E-state index in [2.05, 4.69) is 5.32 Å². The largest absolute Gasteiger partial charge is 0.493 e. The van der Waals surface area contributed by atoms with Gasteiger partial charge in [-0.1, -0.05) is 48.5 Å². The van der Waals surface area contributed by atoms with Crippen molar-refractivity contribution < 1.29 is 23.9 Å². The number of rotatable bonds is 7. The van der Waals surface area contributed by atoms with Crippen LogP contribution in [0.5, 0.6) is 11.5 Å². The summed E-state index contributed by atoms with van der Waals surface area (Å²) in [6, 6.07) is 22.5. The van der Waals surface area contributed by atoms with Crippen molar-refractivity contribution in [3.05, 3.63) is 95.6 Å². The standard InChI is InChI=1S/C26H22N2O5/c1-2-32-23-11-7-6-10-19(23)16-22-24(29)27-26(31)28(25(22)30)20-12-14-21(15-13-20)33-17-18-8-4-3-5-9-18/h3-16H,2,17H2,1H3,(H,27,29,31)/b22-16+. The molecule has 1 N–H and O–H groups in total. The van der Waals surface area contributed by atoms with Gasteiger partial charge >= 0.3 is 6.03 Å². The van der Waals surface area contributed by atoms with E-state index in [1.807, 2.05) is 37.3 Å². The molecular formula is C26H22N2O5. The van der Waals surface area contributed by atoms with E-state index in [-0.39, 0.29) is 5.57 Å². The van der Waals surface area contributed by atoms with Crippen molar-refractivity contribution in [3.63, 3.8) is 0 Å². The second kappa shape index (κ2) is 9.82. The van der Waals surface area contributed by atoms with Crippen molar-refractivity contribution in [2.75, 3.05) is 11.5 Å². The number of nitrogens with one attached hydrogen (secondary N) is 1. The Morgan fingerprint density at radius 1 is 0.848 bits per heavy atom. The summed E-state index contributed by atoms with van der Waals surface area (Å²) in [5, 5.41) is 2.23. The van der Waals surface area contributed by atoms with Crippen molar-refractivity contribution in [1.82, 2.24) is 5.32 Å². The first kappa shape index (κ1) is 21.8. The van der Waals surface area contributed by atoms with Crippen LogP contribution in [0.4, 0.5) is 10.5 Å². The van der Waals surface area contributed by atoms with Crippen LogP contribution in [0, 0.1) is 0 Å². The topological polar surface area (TPSA) is 84.9 Å². The van der Waals surface area contributed by atoms with Crippen molar-refractivity contribution in [2.45, 2.75) is 13.5 Å². The van der Waals surface area contributed by atoms with Crippen molar-refractivity contribution >= 4 is 29.6 Å². The van der Waals surface area contributed by atoms with Crippen LogP contribution in [0.2, 0.25) is 0 Å². The number of anilines is 1. The van der Waals surface area contributed by atoms with Gasteiger partial charge < -0.3 is 9.47 Å². The molecule has 0 atom stereocenters. The molecule has 3 aromatic rings. The molecule has 1 heterocycles.